The number of carbonyl (C=O) groups excluding carboxylic acids is 3. The molecule has 0 aliphatic carbocycles. The number of hydrogen-bond donors (Lipinski definition) is 0. The fourth-order valence-electron chi connectivity index (χ4n) is 3.78. The van der Waals surface area contributed by atoms with Crippen molar-refractivity contribution >= 4 is 28.4 Å². The van der Waals surface area contributed by atoms with Gasteiger partial charge >= 0.3 is 0 Å². The number of carbonyl (C=O) groups is 3. The van der Waals surface area contributed by atoms with Gasteiger partial charge in [-0.3, -0.25) is 19.3 Å². The first-order valence-electron chi connectivity index (χ1n) is 9.67. The molecule has 1 heterocycles. The van der Waals surface area contributed by atoms with Crippen LogP contribution in [-0.4, -0.2) is 36.2 Å². The van der Waals surface area contributed by atoms with Gasteiger partial charge < -0.3 is 4.74 Å². The average molecular weight is 387 g/mol. The highest BCUT2D eigenvalue weighted by Gasteiger charge is 2.33. The Labute approximate surface area is 168 Å². The van der Waals surface area contributed by atoms with Crippen LogP contribution in [0.1, 0.15) is 56.4 Å². The summed E-state index contributed by atoms with van der Waals surface area (Å²) in [5, 5.41) is 1.17. The lowest BCUT2D eigenvalue weighted by Gasteiger charge is -2.27. The summed E-state index contributed by atoms with van der Waals surface area (Å²) in [6, 6.07) is 15.5. The number of hydrogen-bond acceptors (Lipinski definition) is 4. The molecule has 5 nitrogen and oxygen atoms in total. The summed E-state index contributed by atoms with van der Waals surface area (Å²) >= 11 is 0. The maximum Gasteiger partial charge on any atom is 0.261 e. The Kier molecular flexibility index (Phi) is 4.89. The molecule has 4 rings (SSSR count). The zero-order chi connectivity index (χ0) is 20.5. The molecule has 0 fully saturated rings. The van der Waals surface area contributed by atoms with Gasteiger partial charge in [0.2, 0.25) is 0 Å². The molecular weight excluding hydrogens is 366 g/mol. The minimum Gasteiger partial charge on any atom is -0.497 e. The van der Waals surface area contributed by atoms with Gasteiger partial charge in [-0.25, -0.2) is 0 Å². The van der Waals surface area contributed by atoms with Crippen LogP contribution in [0.4, 0.5) is 0 Å². The first kappa shape index (κ1) is 18.9. The first-order valence-corrected chi connectivity index (χ1v) is 9.67. The maximum absolute atomic E-state index is 13.2. The van der Waals surface area contributed by atoms with E-state index in [0.717, 1.165) is 12.8 Å². The highest BCUT2D eigenvalue weighted by Crippen LogP contribution is 2.33. The fraction of sp³-hybridized carbons (Fsp3) is 0.208. The molecule has 3 aromatic carbocycles. The summed E-state index contributed by atoms with van der Waals surface area (Å²) in [5.74, 6) is -0.184. The lowest BCUT2D eigenvalue weighted by Crippen LogP contribution is -2.40. The van der Waals surface area contributed by atoms with Crippen LogP contribution in [0.25, 0.3) is 10.8 Å². The van der Waals surface area contributed by atoms with E-state index in [-0.39, 0.29) is 17.6 Å². The molecule has 0 saturated carbocycles. The molecule has 0 spiro atoms. The zero-order valence-electron chi connectivity index (χ0n) is 16.4. The minimum atomic E-state index is -0.299. The van der Waals surface area contributed by atoms with Crippen LogP contribution in [0, 0.1) is 0 Å². The molecule has 2 amide bonds. The van der Waals surface area contributed by atoms with Crippen molar-refractivity contribution in [2.75, 3.05) is 13.7 Å². The number of nitrogens with zero attached hydrogens (tertiary/aromatic N) is 1. The predicted molar refractivity (Wildman–Crippen MR) is 111 cm³/mol. The molecule has 29 heavy (non-hydrogen) atoms. The number of ketones is 1. The highest BCUT2D eigenvalue weighted by molar-refractivity contribution is 6.28. The van der Waals surface area contributed by atoms with Crippen LogP contribution in [-0.2, 0) is 0 Å². The van der Waals surface area contributed by atoms with E-state index in [1.807, 2.05) is 6.92 Å². The molecule has 1 aliphatic rings. The smallest absolute Gasteiger partial charge is 0.261 e. The van der Waals surface area contributed by atoms with Crippen LogP contribution in [0.15, 0.2) is 54.6 Å². The predicted octanol–water partition coefficient (Wildman–Crippen LogP) is 4.48. The Bertz CT molecular complexity index is 1130. The van der Waals surface area contributed by atoms with Crippen molar-refractivity contribution in [2.45, 2.75) is 19.8 Å². The van der Waals surface area contributed by atoms with Crippen LogP contribution >= 0.6 is 0 Å². The van der Waals surface area contributed by atoms with Crippen molar-refractivity contribution in [1.82, 2.24) is 4.90 Å². The standard InChI is InChI=1S/C24H21NO4/c1-3-4-13-25-23(27)19-10-6-9-17-18(11-12-20(21(17)19)24(25)28)22(26)15-7-5-8-16(14-15)29-2/h5-12,14H,3-4,13H2,1-2H3. The lowest BCUT2D eigenvalue weighted by molar-refractivity contribution is 0.0608. The molecule has 0 atom stereocenters. The number of unbranched alkanes of at least 4 members (excludes halogenated alkanes) is 1. The monoisotopic (exact) mass is 387 g/mol. The molecule has 0 aromatic heterocycles. The van der Waals surface area contributed by atoms with E-state index in [0.29, 0.717) is 45.3 Å². The normalized spacial score (nSPS) is 13.1. The summed E-state index contributed by atoms with van der Waals surface area (Å²) < 4.78 is 5.22. The van der Waals surface area contributed by atoms with Crippen molar-refractivity contribution in [1.29, 1.82) is 0 Å². The van der Waals surface area contributed by atoms with E-state index in [4.69, 9.17) is 4.74 Å². The molecule has 5 heteroatoms. The minimum absolute atomic E-state index is 0.180. The number of rotatable bonds is 6. The quantitative estimate of drug-likeness (QED) is 0.462. The number of imide groups is 1. The fourth-order valence-corrected chi connectivity index (χ4v) is 3.78. The number of benzene rings is 3. The third kappa shape index (κ3) is 3.09. The summed E-state index contributed by atoms with van der Waals surface area (Å²) in [6.07, 6.45) is 1.65. The van der Waals surface area contributed by atoms with Gasteiger partial charge in [0, 0.05) is 34.2 Å². The van der Waals surface area contributed by atoms with Crippen molar-refractivity contribution in [3.05, 3.63) is 76.9 Å². The second-order valence-electron chi connectivity index (χ2n) is 7.07. The van der Waals surface area contributed by atoms with E-state index < -0.39 is 0 Å². The van der Waals surface area contributed by atoms with Gasteiger partial charge in [-0.05, 0) is 42.1 Å². The molecule has 3 aromatic rings. The number of methoxy groups -OCH3 is 1. The van der Waals surface area contributed by atoms with Crippen molar-refractivity contribution < 1.29 is 19.1 Å². The van der Waals surface area contributed by atoms with Crippen LogP contribution in [0.5, 0.6) is 5.75 Å². The van der Waals surface area contributed by atoms with E-state index in [1.54, 1.807) is 61.7 Å². The third-order valence-corrected chi connectivity index (χ3v) is 5.30. The van der Waals surface area contributed by atoms with Crippen molar-refractivity contribution in [3.8, 4) is 5.75 Å². The van der Waals surface area contributed by atoms with Crippen LogP contribution in [0.2, 0.25) is 0 Å². The van der Waals surface area contributed by atoms with Crippen LogP contribution in [0.3, 0.4) is 0 Å². The summed E-state index contributed by atoms with van der Waals surface area (Å²) in [4.78, 5) is 40.4. The number of amides is 2. The lowest BCUT2D eigenvalue weighted by atomic mass is 9.89. The largest absolute Gasteiger partial charge is 0.497 e. The highest BCUT2D eigenvalue weighted by atomic mass is 16.5. The van der Waals surface area contributed by atoms with Gasteiger partial charge in [-0.1, -0.05) is 37.6 Å². The van der Waals surface area contributed by atoms with Gasteiger partial charge in [-0.2, -0.15) is 0 Å². The van der Waals surface area contributed by atoms with E-state index in [1.165, 1.54) is 4.90 Å². The SMILES string of the molecule is CCCCN1C(=O)c2cccc3c(C(=O)c4cccc(OC)c4)ccc(c23)C1=O. The molecule has 0 radical (unpaired) electrons. The Morgan fingerprint density at radius 1 is 0.966 bits per heavy atom. The van der Waals surface area contributed by atoms with Gasteiger partial charge in [0.25, 0.3) is 11.8 Å². The van der Waals surface area contributed by atoms with Crippen molar-refractivity contribution in [2.24, 2.45) is 0 Å². The zero-order valence-corrected chi connectivity index (χ0v) is 16.4. The third-order valence-electron chi connectivity index (χ3n) is 5.30. The molecule has 0 N–H and O–H groups in total. The van der Waals surface area contributed by atoms with Gasteiger partial charge in [0.1, 0.15) is 5.75 Å². The number of ether oxygens (including phenoxy) is 1. The second kappa shape index (κ2) is 7.51. The van der Waals surface area contributed by atoms with Crippen molar-refractivity contribution in [3.63, 3.8) is 0 Å². The van der Waals surface area contributed by atoms with E-state index >= 15 is 0 Å². The van der Waals surface area contributed by atoms with E-state index in [9.17, 15) is 14.4 Å². The Hall–Kier alpha value is -3.47. The Balaban J connectivity index is 1.86. The second-order valence-corrected chi connectivity index (χ2v) is 7.07. The first-order chi connectivity index (χ1) is 14.1. The van der Waals surface area contributed by atoms with Crippen LogP contribution < -0.4 is 4.74 Å². The Morgan fingerprint density at radius 3 is 2.41 bits per heavy atom. The molecular formula is C24H21NO4. The summed E-state index contributed by atoms with van der Waals surface area (Å²) in [6.45, 7) is 2.42. The Morgan fingerprint density at radius 2 is 1.69 bits per heavy atom. The summed E-state index contributed by atoms with van der Waals surface area (Å²) in [7, 11) is 1.55. The molecule has 146 valence electrons. The molecule has 0 saturated heterocycles. The average Bonchev–Trinajstić information content (AvgIpc) is 2.76. The summed E-state index contributed by atoms with van der Waals surface area (Å²) in [5.41, 5.74) is 1.88. The molecule has 0 bridgehead atoms. The molecule has 0 unspecified atom stereocenters. The van der Waals surface area contributed by atoms with Gasteiger partial charge in [-0.15, -0.1) is 0 Å². The molecule has 1 aliphatic heterocycles. The van der Waals surface area contributed by atoms with Gasteiger partial charge in [0.15, 0.2) is 5.78 Å². The maximum atomic E-state index is 13.2. The topological polar surface area (TPSA) is 63.7 Å². The van der Waals surface area contributed by atoms with E-state index in [2.05, 4.69) is 0 Å². The van der Waals surface area contributed by atoms with Gasteiger partial charge in [0.05, 0.1) is 7.11 Å².